The molecule has 0 fully saturated rings. The normalized spacial score (nSPS) is 11.8. The summed E-state index contributed by atoms with van der Waals surface area (Å²) in [5, 5.41) is 11.5. The van der Waals surface area contributed by atoms with Crippen LogP contribution in [0.2, 0.25) is 0 Å². The first-order valence-electron chi connectivity index (χ1n) is 17.8. The fourth-order valence-electron chi connectivity index (χ4n) is 7.81. The molecule has 0 atom stereocenters. The molecule has 0 radical (unpaired) electrons. The van der Waals surface area contributed by atoms with Gasteiger partial charge in [-0.25, -0.2) is 15.0 Å². The third-order valence-electron chi connectivity index (χ3n) is 10.4. The Morgan fingerprint density at radius 2 is 0.868 bits per heavy atom. The van der Waals surface area contributed by atoms with Crippen LogP contribution >= 0.6 is 0 Å². The van der Waals surface area contributed by atoms with Gasteiger partial charge < -0.3 is 4.42 Å². The molecule has 0 N–H and O–H groups in total. The molecule has 0 aliphatic carbocycles. The molecule has 11 aromatic rings. The number of hydrogen-bond donors (Lipinski definition) is 0. The molecule has 11 rings (SSSR count). The van der Waals surface area contributed by atoms with E-state index in [0.29, 0.717) is 17.5 Å². The summed E-state index contributed by atoms with van der Waals surface area (Å²) in [6.45, 7) is 0. The van der Waals surface area contributed by atoms with Crippen molar-refractivity contribution in [3.63, 3.8) is 0 Å². The van der Waals surface area contributed by atoms with E-state index in [1.165, 1.54) is 26.9 Å². The predicted octanol–water partition coefficient (Wildman–Crippen LogP) is 13.1. The second kappa shape index (κ2) is 11.7. The molecule has 0 spiro atoms. The van der Waals surface area contributed by atoms with Gasteiger partial charge >= 0.3 is 0 Å². The maximum Gasteiger partial charge on any atom is 0.164 e. The Hall–Kier alpha value is -7.17. The van der Waals surface area contributed by atoms with E-state index in [4.69, 9.17) is 19.4 Å². The maximum absolute atomic E-state index is 6.27. The van der Waals surface area contributed by atoms with Crippen LogP contribution in [0.4, 0.5) is 0 Å². The number of aromatic nitrogens is 3. The van der Waals surface area contributed by atoms with Gasteiger partial charge in [-0.1, -0.05) is 133 Å². The first kappa shape index (κ1) is 29.5. The minimum absolute atomic E-state index is 0.615. The summed E-state index contributed by atoms with van der Waals surface area (Å²) in [5.74, 6) is 1.87. The van der Waals surface area contributed by atoms with E-state index in [-0.39, 0.29) is 0 Å². The Bertz CT molecular complexity index is 3240. The topological polar surface area (TPSA) is 51.8 Å². The number of rotatable bonds is 4. The third kappa shape index (κ3) is 4.95. The molecular weight excluding hydrogens is 647 g/mol. The van der Waals surface area contributed by atoms with Crippen molar-refractivity contribution in [2.24, 2.45) is 0 Å². The summed E-state index contributed by atoms with van der Waals surface area (Å²) in [6.07, 6.45) is 0. The number of hydrogen-bond acceptors (Lipinski definition) is 4. The lowest BCUT2D eigenvalue weighted by atomic mass is 9.95. The van der Waals surface area contributed by atoms with Crippen molar-refractivity contribution in [2.75, 3.05) is 0 Å². The maximum atomic E-state index is 6.27. The molecule has 0 saturated carbocycles. The minimum Gasteiger partial charge on any atom is -0.456 e. The lowest BCUT2D eigenvalue weighted by Gasteiger charge is -2.13. The number of benzene rings is 9. The van der Waals surface area contributed by atoms with Crippen LogP contribution in [0, 0.1) is 0 Å². The van der Waals surface area contributed by atoms with Crippen LogP contribution in [0.3, 0.4) is 0 Å². The number of para-hydroxylation sites is 1. The molecule has 2 heterocycles. The molecule has 0 aliphatic rings. The molecule has 4 heteroatoms. The minimum atomic E-state index is 0.615. The fraction of sp³-hybridized carbons (Fsp3) is 0. The van der Waals surface area contributed by atoms with Crippen molar-refractivity contribution in [2.45, 2.75) is 0 Å². The van der Waals surface area contributed by atoms with Gasteiger partial charge in [0, 0.05) is 27.5 Å². The molecular formula is C49H29N3O. The third-order valence-corrected chi connectivity index (χ3v) is 10.4. The second-order valence-corrected chi connectivity index (χ2v) is 13.6. The number of furan rings is 1. The predicted molar refractivity (Wildman–Crippen MR) is 219 cm³/mol. The zero-order chi connectivity index (χ0) is 34.9. The van der Waals surface area contributed by atoms with Crippen molar-refractivity contribution in [3.05, 3.63) is 176 Å². The highest BCUT2D eigenvalue weighted by molar-refractivity contribution is 6.11. The van der Waals surface area contributed by atoms with Crippen molar-refractivity contribution in [1.82, 2.24) is 15.0 Å². The van der Waals surface area contributed by atoms with Gasteiger partial charge in [0.2, 0.25) is 0 Å². The van der Waals surface area contributed by atoms with Crippen molar-refractivity contribution >= 4 is 65.0 Å². The van der Waals surface area contributed by atoms with E-state index in [1.807, 2.05) is 12.1 Å². The lowest BCUT2D eigenvalue weighted by molar-refractivity contribution is 0.669. The zero-order valence-corrected chi connectivity index (χ0v) is 28.5. The highest BCUT2D eigenvalue weighted by atomic mass is 16.3. The molecule has 0 bridgehead atoms. The molecule has 53 heavy (non-hydrogen) atoms. The molecule has 0 aliphatic heterocycles. The Labute approximate surface area is 304 Å². The van der Waals surface area contributed by atoms with E-state index in [0.717, 1.165) is 65.9 Å². The summed E-state index contributed by atoms with van der Waals surface area (Å²) < 4.78 is 6.27. The van der Waals surface area contributed by atoms with Gasteiger partial charge in [-0.15, -0.1) is 0 Å². The smallest absolute Gasteiger partial charge is 0.164 e. The van der Waals surface area contributed by atoms with Crippen LogP contribution in [-0.4, -0.2) is 15.0 Å². The molecule has 0 amide bonds. The van der Waals surface area contributed by atoms with E-state index >= 15 is 0 Å². The van der Waals surface area contributed by atoms with Crippen LogP contribution in [0.25, 0.3) is 110 Å². The van der Waals surface area contributed by atoms with E-state index in [9.17, 15) is 0 Å². The molecule has 2 aromatic heterocycles. The Kier molecular flexibility index (Phi) is 6.52. The fourth-order valence-corrected chi connectivity index (χ4v) is 7.81. The summed E-state index contributed by atoms with van der Waals surface area (Å²) in [4.78, 5) is 15.6. The van der Waals surface area contributed by atoms with Gasteiger partial charge in [0.15, 0.2) is 17.5 Å². The highest BCUT2D eigenvalue weighted by Gasteiger charge is 2.17. The van der Waals surface area contributed by atoms with E-state index in [2.05, 4.69) is 164 Å². The summed E-state index contributed by atoms with van der Waals surface area (Å²) >= 11 is 0. The van der Waals surface area contributed by atoms with Gasteiger partial charge in [-0.05, 0) is 96.7 Å². The molecule has 0 unspecified atom stereocenters. The van der Waals surface area contributed by atoms with Gasteiger partial charge in [0.25, 0.3) is 0 Å². The van der Waals surface area contributed by atoms with Gasteiger partial charge in [-0.2, -0.15) is 0 Å². The SMILES string of the molecule is c1ccc(-c2cc(-c3nc(-c4ccc5cc6c(cc5c4)oc4ccccc46)nc(-c4ccc5ccc6ccccc6c5c4)n3)cc3ccccc23)cc1. The summed E-state index contributed by atoms with van der Waals surface area (Å²) in [7, 11) is 0. The van der Waals surface area contributed by atoms with Crippen LogP contribution in [0.5, 0.6) is 0 Å². The molecule has 246 valence electrons. The van der Waals surface area contributed by atoms with Crippen molar-refractivity contribution in [1.29, 1.82) is 0 Å². The number of nitrogens with zero attached hydrogens (tertiary/aromatic N) is 3. The largest absolute Gasteiger partial charge is 0.456 e. The van der Waals surface area contributed by atoms with Crippen LogP contribution < -0.4 is 0 Å². The summed E-state index contributed by atoms with van der Waals surface area (Å²) in [6, 6.07) is 61.8. The number of fused-ring (bicyclic) bond motifs is 8. The Morgan fingerprint density at radius 1 is 0.283 bits per heavy atom. The average Bonchev–Trinajstić information content (AvgIpc) is 3.59. The van der Waals surface area contributed by atoms with Crippen LogP contribution in [0.1, 0.15) is 0 Å². The highest BCUT2D eigenvalue weighted by Crippen LogP contribution is 2.37. The average molecular weight is 676 g/mol. The second-order valence-electron chi connectivity index (χ2n) is 13.6. The quantitative estimate of drug-likeness (QED) is 0.174. The van der Waals surface area contributed by atoms with E-state index in [1.54, 1.807) is 0 Å². The Morgan fingerprint density at radius 3 is 1.68 bits per heavy atom. The first-order valence-corrected chi connectivity index (χ1v) is 17.8. The zero-order valence-electron chi connectivity index (χ0n) is 28.5. The molecule has 4 nitrogen and oxygen atoms in total. The lowest BCUT2D eigenvalue weighted by Crippen LogP contribution is -2.00. The Balaban J connectivity index is 1.14. The van der Waals surface area contributed by atoms with Gasteiger partial charge in [0.05, 0.1) is 0 Å². The summed E-state index contributed by atoms with van der Waals surface area (Å²) in [5.41, 5.74) is 6.82. The molecule has 9 aromatic carbocycles. The van der Waals surface area contributed by atoms with Crippen molar-refractivity contribution < 1.29 is 4.42 Å². The van der Waals surface area contributed by atoms with Gasteiger partial charge in [-0.3, -0.25) is 0 Å². The first-order chi connectivity index (χ1) is 26.2. The van der Waals surface area contributed by atoms with E-state index < -0.39 is 0 Å². The van der Waals surface area contributed by atoms with Crippen LogP contribution in [0.15, 0.2) is 180 Å². The standard InChI is InChI=1S/C49H29N3O/c1-2-10-30(11-3-1)43-28-38(24-34-13-5-7-15-40(34)43)49-51-47(35-23-21-33-26-44-41-16-8-9-17-45(41)53-46(44)29-37(33)25-35)50-48(52-49)36-22-20-32-19-18-31-12-4-6-14-39(31)42(32)27-36/h1-29H. The monoisotopic (exact) mass is 675 g/mol. The van der Waals surface area contributed by atoms with Gasteiger partial charge in [0.1, 0.15) is 11.2 Å². The molecule has 0 saturated heterocycles. The van der Waals surface area contributed by atoms with Crippen LogP contribution in [-0.2, 0) is 0 Å². The van der Waals surface area contributed by atoms with Crippen molar-refractivity contribution in [3.8, 4) is 45.3 Å².